The molecule has 0 aromatic rings. The van der Waals surface area contributed by atoms with E-state index in [4.69, 9.17) is 23.2 Å². The van der Waals surface area contributed by atoms with Crippen LogP contribution in [0.25, 0.3) is 0 Å². The minimum absolute atomic E-state index is 0.265. The Hall–Kier alpha value is -0.880. The molecule has 0 spiro atoms. The summed E-state index contributed by atoms with van der Waals surface area (Å²) in [5.74, 6) is 4.10. The summed E-state index contributed by atoms with van der Waals surface area (Å²) in [5.41, 5.74) is 6.13. The van der Waals surface area contributed by atoms with Gasteiger partial charge in [0.05, 0.1) is 5.57 Å². The average Bonchev–Trinajstić information content (AvgIpc) is 2.27. The van der Waals surface area contributed by atoms with Crippen LogP contribution in [0.15, 0.2) is 11.6 Å². The Balaban J connectivity index is 1.85. The molecule has 4 saturated carbocycles. The van der Waals surface area contributed by atoms with Gasteiger partial charge in [0.15, 0.2) is 0 Å². The number of nitrogens with two attached hydrogens (primary N) is 1. The van der Waals surface area contributed by atoms with Crippen molar-refractivity contribution >= 4 is 17.2 Å². The highest BCUT2D eigenvalue weighted by Gasteiger charge is 2.47. The molecule has 0 radical (unpaired) electrons. The van der Waals surface area contributed by atoms with Crippen molar-refractivity contribution in [1.29, 1.82) is 5.26 Å². The summed E-state index contributed by atoms with van der Waals surface area (Å²) in [6, 6.07) is 2.16. The van der Waals surface area contributed by atoms with Crippen molar-refractivity contribution in [2.24, 2.45) is 35.3 Å². The number of hydrogen-bond donors (Lipinski definition) is 1. The molecule has 90 valence electrons. The van der Waals surface area contributed by atoms with Crippen molar-refractivity contribution in [3.63, 3.8) is 0 Å². The molecule has 0 atom stereocenters. The molecule has 4 bridgehead atoms. The first-order valence-corrected chi connectivity index (χ1v) is 7.00. The molecule has 0 unspecified atom stereocenters. The van der Waals surface area contributed by atoms with Gasteiger partial charge in [-0.1, -0.05) is 18.3 Å². The zero-order valence-electron chi connectivity index (χ0n) is 9.93. The highest BCUT2D eigenvalue weighted by atomic mass is 32.1. The zero-order chi connectivity index (χ0) is 12.0. The van der Waals surface area contributed by atoms with Gasteiger partial charge in [-0.05, 0) is 61.7 Å². The molecule has 17 heavy (non-hydrogen) atoms. The molecule has 0 heterocycles. The summed E-state index contributed by atoms with van der Waals surface area (Å²) in [6.45, 7) is 0. The highest BCUT2D eigenvalue weighted by molar-refractivity contribution is 7.80. The largest absolute Gasteiger partial charge is 0.389 e. The van der Waals surface area contributed by atoms with E-state index in [9.17, 15) is 0 Å². The molecule has 0 saturated heterocycles. The van der Waals surface area contributed by atoms with Crippen molar-refractivity contribution < 1.29 is 0 Å². The molecule has 2 N–H and O–H groups in total. The standard InChI is InChI=1S/C14H18N2S/c15-7-12(14(16)17)6-13-10-2-8-1-9(4-10)5-11(13)3-8/h6,8-11,13H,1-5H2,(H2,16,17)/b12-6+. The smallest absolute Gasteiger partial charge is 0.114 e. The fraction of sp³-hybridized carbons (Fsp3) is 0.714. The fourth-order valence-electron chi connectivity index (χ4n) is 4.61. The summed E-state index contributed by atoms with van der Waals surface area (Å²) < 4.78 is 0. The number of hydrogen-bond acceptors (Lipinski definition) is 2. The van der Waals surface area contributed by atoms with Gasteiger partial charge in [0.25, 0.3) is 0 Å². The van der Waals surface area contributed by atoms with Crippen molar-refractivity contribution in [2.75, 3.05) is 0 Å². The summed E-state index contributed by atoms with van der Waals surface area (Å²) in [6.07, 6.45) is 9.02. The molecular formula is C14H18N2S. The average molecular weight is 246 g/mol. The Morgan fingerprint density at radius 2 is 1.65 bits per heavy atom. The highest BCUT2D eigenvalue weighted by Crippen LogP contribution is 2.57. The maximum atomic E-state index is 9.07. The molecule has 0 aliphatic heterocycles. The number of rotatable bonds is 2. The molecule has 0 aromatic carbocycles. The lowest BCUT2D eigenvalue weighted by Gasteiger charge is -2.53. The van der Waals surface area contributed by atoms with Crippen molar-refractivity contribution in [3.05, 3.63) is 11.6 Å². The van der Waals surface area contributed by atoms with E-state index in [0.717, 1.165) is 23.7 Å². The van der Waals surface area contributed by atoms with Crippen LogP contribution in [0, 0.1) is 40.9 Å². The number of nitrogens with zero attached hydrogens (tertiary/aromatic N) is 1. The van der Waals surface area contributed by atoms with Gasteiger partial charge in [-0.3, -0.25) is 0 Å². The number of thiocarbonyl (C=S) groups is 1. The van der Waals surface area contributed by atoms with E-state index < -0.39 is 0 Å². The fourth-order valence-corrected chi connectivity index (χ4v) is 4.72. The van der Waals surface area contributed by atoms with Gasteiger partial charge in [-0.15, -0.1) is 0 Å². The van der Waals surface area contributed by atoms with E-state index in [1.165, 1.54) is 32.1 Å². The first kappa shape index (κ1) is 11.2. The predicted octanol–water partition coefficient (Wildman–Crippen LogP) is 2.79. The monoisotopic (exact) mass is 246 g/mol. The summed E-state index contributed by atoms with van der Waals surface area (Å²) in [4.78, 5) is 0.265. The Kier molecular flexibility index (Phi) is 2.71. The summed E-state index contributed by atoms with van der Waals surface area (Å²) >= 11 is 4.94. The van der Waals surface area contributed by atoms with Crippen molar-refractivity contribution in [2.45, 2.75) is 32.1 Å². The van der Waals surface area contributed by atoms with Gasteiger partial charge >= 0.3 is 0 Å². The van der Waals surface area contributed by atoms with E-state index in [2.05, 4.69) is 12.1 Å². The van der Waals surface area contributed by atoms with Gasteiger partial charge in [0, 0.05) is 0 Å². The van der Waals surface area contributed by atoms with E-state index >= 15 is 0 Å². The van der Waals surface area contributed by atoms with Gasteiger partial charge < -0.3 is 5.73 Å². The van der Waals surface area contributed by atoms with Crippen LogP contribution in [0.1, 0.15) is 32.1 Å². The third kappa shape index (κ3) is 1.89. The Bertz CT molecular complexity index is 390. The zero-order valence-corrected chi connectivity index (χ0v) is 10.7. The Labute approximate surface area is 108 Å². The van der Waals surface area contributed by atoms with Crippen LogP contribution < -0.4 is 5.73 Å². The SMILES string of the molecule is N#C/C(=C\C1C2CC3CC(C2)CC1C3)C(N)=S. The van der Waals surface area contributed by atoms with Crippen LogP contribution in [0.2, 0.25) is 0 Å². The molecule has 4 aliphatic rings. The molecule has 0 aromatic heterocycles. The van der Waals surface area contributed by atoms with E-state index in [1.54, 1.807) is 0 Å². The lowest BCUT2D eigenvalue weighted by Crippen LogP contribution is -2.44. The molecule has 4 aliphatic carbocycles. The van der Waals surface area contributed by atoms with Gasteiger partial charge in [0.1, 0.15) is 11.1 Å². The van der Waals surface area contributed by atoms with Gasteiger partial charge in [-0.25, -0.2) is 0 Å². The van der Waals surface area contributed by atoms with E-state index in [0.29, 0.717) is 11.5 Å². The maximum absolute atomic E-state index is 9.07. The number of allylic oxidation sites excluding steroid dienone is 1. The van der Waals surface area contributed by atoms with Gasteiger partial charge in [-0.2, -0.15) is 5.26 Å². The number of nitriles is 1. The van der Waals surface area contributed by atoms with Crippen molar-refractivity contribution in [3.8, 4) is 6.07 Å². The van der Waals surface area contributed by atoms with Crippen LogP contribution in [-0.4, -0.2) is 4.99 Å². The molecule has 4 fully saturated rings. The Morgan fingerprint density at radius 1 is 1.12 bits per heavy atom. The first-order valence-electron chi connectivity index (χ1n) is 6.59. The summed E-state index contributed by atoms with van der Waals surface area (Å²) in [7, 11) is 0. The topological polar surface area (TPSA) is 49.8 Å². The van der Waals surface area contributed by atoms with Crippen LogP contribution in [0.3, 0.4) is 0 Å². The second-order valence-corrected chi connectivity index (χ2v) is 6.50. The van der Waals surface area contributed by atoms with Crippen molar-refractivity contribution in [1.82, 2.24) is 0 Å². The molecular weight excluding hydrogens is 228 g/mol. The third-order valence-corrected chi connectivity index (χ3v) is 5.26. The van der Waals surface area contributed by atoms with E-state index in [1.807, 2.05) is 0 Å². The Morgan fingerprint density at radius 3 is 2.06 bits per heavy atom. The van der Waals surface area contributed by atoms with Crippen LogP contribution in [0.5, 0.6) is 0 Å². The van der Waals surface area contributed by atoms with E-state index in [-0.39, 0.29) is 4.99 Å². The second-order valence-electron chi connectivity index (χ2n) is 6.06. The normalized spacial score (nSPS) is 43.5. The molecule has 3 heteroatoms. The lowest BCUT2D eigenvalue weighted by molar-refractivity contribution is -0.0162. The van der Waals surface area contributed by atoms with Crippen LogP contribution in [0.4, 0.5) is 0 Å². The molecule has 0 amide bonds. The van der Waals surface area contributed by atoms with Crippen LogP contribution in [-0.2, 0) is 0 Å². The minimum atomic E-state index is 0.265. The third-order valence-electron chi connectivity index (χ3n) is 5.04. The molecule has 2 nitrogen and oxygen atoms in total. The molecule has 4 rings (SSSR count). The maximum Gasteiger partial charge on any atom is 0.114 e. The predicted molar refractivity (Wildman–Crippen MR) is 71.0 cm³/mol. The second kappa shape index (κ2) is 4.10. The quantitative estimate of drug-likeness (QED) is 0.463. The van der Waals surface area contributed by atoms with Crippen LogP contribution >= 0.6 is 12.2 Å². The van der Waals surface area contributed by atoms with Gasteiger partial charge in [0.2, 0.25) is 0 Å². The summed E-state index contributed by atoms with van der Waals surface area (Å²) in [5, 5.41) is 9.07. The minimum Gasteiger partial charge on any atom is -0.389 e. The first-order chi connectivity index (χ1) is 8.17. The lowest BCUT2D eigenvalue weighted by atomic mass is 9.52.